The van der Waals surface area contributed by atoms with Gasteiger partial charge in [-0.2, -0.15) is 10.2 Å². The summed E-state index contributed by atoms with van der Waals surface area (Å²) in [5.74, 6) is 0.909. The highest BCUT2D eigenvalue weighted by Gasteiger charge is 2.27. The zero-order chi connectivity index (χ0) is 26.5. The summed E-state index contributed by atoms with van der Waals surface area (Å²) >= 11 is 0. The Morgan fingerprint density at radius 2 is 1.97 bits per heavy atom. The fraction of sp³-hybridized carbons (Fsp3) is 0.393. The van der Waals surface area contributed by atoms with Gasteiger partial charge in [0.25, 0.3) is 5.56 Å². The van der Waals surface area contributed by atoms with Crippen molar-refractivity contribution in [1.29, 1.82) is 5.26 Å². The van der Waals surface area contributed by atoms with E-state index in [1.165, 1.54) is 11.1 Å². The van der Waals surface area contributed by atoms with Crippen molar-refractivity contribution in [3.05, 3.63) is 69.8 Å². The SMILES string of the molecule is CC(C)n1c(=O)c2cnc(Nc3ccc4c(c3)CNCC4(C)C)nc2n1-c1cccc(C(C)(C)C#N)n1. The predicted octanol–water partition coefficient (Wildman–Crippen LogP) is 4.48. The molecule has 5 rings (SSSR count). The van der Waals surface area contributed by atoms with Crippen molar-refractivity contribution in [2.45, 2.75) is 65.0 Å². The average Bonchev–Trinajstić information content (AvgIpc) is 3.15. The van der Waals surface area contributed by atoms with Gasteiger partial charge < -0.3 is 10.6 Å². The van der Waals surface area contributed by atoms with Crippen LogP contribution < -0.4 is 16.2 Å². The molecule has 0 amide bonds. The number of benzene rings is 1. The van der Waals surface area contributed by atoms with E-state index in [1.54, 1.807) is 15.6 Å². The van der Waals surface area contributed by atoms with Crippen LogP contribution in [0.25, 0.3) is 16.9 Å². The molecule has 9 heteroatoms. The Morgan fingerprint density at radius 3 is 2.70 bits per heavy atom. The summed E-state index contributed by atoms with van der Waals surface area (Å²) in [5.41, 5.74) is 3.63. The van der Waals surface area contributed by atoms with E-state index >= 15 is 0 Å². The number of nitriles is 1. The summed E-state index contributed by atoms with van der Waals surface area (Å²) in [4.78, 5) is 27.3. The highest BCUT2D eigenvalue weighted by Crippen LogP contribution is 2.32. The van der Waals surface area contributed by atoms with E-state index in [0.29, 0.717) is 28.5 Å². The zero-order valence-corrected chi connectivity index (χ0v) is 22.1. The fourth-order valence-corrected chi connectivity index (χ4v) is 4.90. The lowest BCUT2D eigenvalue weighted by molar-refractivity contribution is 0.435. The Labute approximate surface area is 216 Å². The van der Waals surface area contributed by atoms with Crippen LogP contribution in [0.3, 0.4) is 0 Å². The molecule has 4 aromatic rings. The van der Waals surface area contributed by atoms with E-state index in [0.717, 1.165) is 18.8 Å². The molecular weight excluding hydrogens is 464 g/mol. The topological polar surface area (TPSA) is 113 Å². The van der Waals surface area contributed by atoms with E-state index in [9.17, 15) is 10.1 Å². The molecule has 0 saturated heterocycles. The third-order valence-corrected chi connectivity index (χ3v) is 6.96. The van der Waals surface area contributed by atoms with Gasteiger partial charge in [0, 0.05) is 36.4 Å². The Bertz CT molecular complexity index is 1600. The minimum Gasteiger partial charge on any atom is -0.324 e. The molecule has 0 radical (unpaired) electrons. The van der Waals surface area contributed by atoms with Crippen LogP contribution in [0.2, 0.25) is 0 Å². The van der Waals surface area contributed by atoms with Crippen molar-refractivity contribution in [2.75, 3.05) is 11.9 Å². The molecule has 0 saturated carbocycles. The predicted molar refractivity (Wildman–Crippen MR) is 144 cm³/mol. The van der Waals surface area contributed by atoms with E-state index < -0.39 is 5.41 Å². The highest BCUT2D eigenvalue weighted by atomic mass is 16.1. The highest BCUT2D eigenvalue weighted by molar-refractivity contribution is 5.77. The molecule has 0 bridgehead atoms. The van der Waals surface area contributed by atoms with Gasteiger partial charge in [-0.3, -0.25) is 4.79 Å². The quantitative estimate of drug-likeness (QED) is 0.419. The maximum Gasteiger partial charge on any atom is 0.278 e. The second-order valence-corrected chi connectivity index (χ2v) is 11.1. The van der Waals surface area contributed by atoms with Gasteiger partial charge in [-0.05, 0) is 63.1 Å². The van der Waals surface area contributed by atoms with Crippen molar-refractivity contribution in [3.8, 4) is 11.9 Å². The van der Waals surface area contributed by atoms with Gasteiger partial charge in [0.1, 0.15) is 5.39 Å². The van der Waals surface area contributed by atoms with Gasteiger partial charge >= 0.3 is 0 Å². The number of nitrogens with one attached hydrogen (secondary N) is 2. The first-order valence-corrected chi connectivity index (χ1v) is 12.5. The lowest BCUT2D eigenvalue weighted by atomic mass is 9.79. The third kappa shape index (κ3) is 4.27. The molecule has 0 fully saturated rings. The summed E-state index contributed by atoms with van der Waals surface area (Å²) in [6, 6.07) is 14.0. The number of hydrogen-bond donors (Lipinski definition) is 2. The van der Waals surface area contributed by atoms with Crippen molar-refractivity contribution < 1.29 is 0 Å². The van der Waals surface area contributed by atoms with E-state index in [-0.39, 0.29) is 17.0 Å². The summed E-state index contributed by atoms with van der Waals surface area (Å²) < 4.78 is 3.35. The van der Waals surface area contributed by atoms with Gasteiger partial charge in [0.2, 0.25) is 5.95 Å². The zero-order valence-electron chi connectivity index (χ0n) is 22.1. The molecular formula is C28H32N8O. The van der Waals surface area contributed by atoms with E-state index in [1.807, 2.05) is 52.0 Å². The standard InChI is InChI=1S/C28H32N8O/c1-17(2)35-25(37)20-14-31-26(32-19-10-11-21-18(12-19)13-30-16-28(21,5)6)34-24(20)36(35)23-9-7-8-22(33-23)27(3,4)15-29/h7-12,14,17,30H,13,16H2,1-6H3,(H,31,32,34). The molecule has 37 heavy (non-hydrogen) atoms. The molecule has 0 aliphatic carbocycles. The summed E-state index contributed by atoms with van der Waals surface area (Å²) in [5, 5.41) is 16.8. The number of anilines is 2. The molecule has 2 N–H and O–H groups in total. The minimum atomic E-state index is -0.778. The lowest BCUT2D eigenvalue weighted by Crippen LogP contribution is -2.38. The molecule has 0 spiro atoms. The number of fused-ring (bicyclic) bond motifs is 2. The van der Waals surface area contributed by atoms with Crippen LogP contribution in [0.5, 0.6) is 0 Å². The maximum absolute atomic E-state index is 13.3. The van der Waals surface area contributed by atoms with Crippen LogP contribution in [0.4, 0.5) is 11.6 Å². The van der Waals surface area contributed by atoms with Crippen LogP contribution in [-0.2, 0) is 17.4 Å². The Morgan fingerprint density at radius 1 is 1.19 bits per heavy atom. The van der Waals surface area contributed by atoms with Crippen LogP contribution in [0.1, 0.15) is 64.4 Å². The van der Waals surface area contributed by atoms with Crippen LogP contribution in [0.15, 0.2) is 47.4 Å². The molecule has 1 aliphatic rings. The molecule has 1 aromatic carbocycles. The number of rotatable bonds is 5. The Hall–Kier alpha value is -4.03. The molecule has 1 aliphatic heterocycles. The van der Waals surface area contributed by atoms with Crippen molar-refractivity contribution in [1.82, 2.24) is 29.6 Å². The normalized spacial score (nSPS) is 15.0. The van der Waals surface area contributed by atoms with Gasteiger partial charge in [-0.25, -0.2) is 19.3 Å². The smallest absolute Gasteiger partial charge is 0.278 e. The number of hydrogen-bond acceptors (Lipinski definition) is 7. The summed E-state index contributed by atoms with van der Waals surface area (Å²) in [6.07, 6.45) is 1.56. The second-order valence-electron chi connectivity index (χ2n) is 11.1. The molecule has 0 unspecified atom stereocenters. The maximum atomic E-state index is 13.3. The van der Waals surface area contributed by atoms with E-state index in [4.69, 9.17) is 9.97 Å². The van der Waals surface area contributed by atoms with Gasteiger partial charge in [0.15, 0.2) is 11.5 Å². The van der Waals surface area contributed by atoms with Crippen molar-refractivity contribution in [3.63, 3.8) is 0 Å². The van der Waals surface area contributed by atoms with Gasteiger partial charge in [-0.1, -0.05) is 26.0 Å². The van der Waals surface area contributed by atoms with Crippen LogP contribution in [0, 0.1) is 11.3 Å². The molecule has 4 heterocycles. The minimum absolute atomic E-state index is 0.0685. The first-order chi connectivity index (χ1) is 17.5. The molecule has 0 atom stereocenters. The third-order valence-electron chi connectivity index (χ3n) is 6.96. The van der Waals surface area contributed by atoms with Crippen molar-refractivity contribution >= 4 is 22.7 Å². The largest absolute Gasteiger partial charge is 0.324 e. The Kier molecular flexibility index (Phi) is 5.88. The molecule has 3 aromatic heterocycles. The Balaban J connectivity index is 1.62. The average molecular weight is 497 g/mol. The number of pyridine rings is 1. The van der Waals surface area contributed by atoms with Crippen molar-refractivity contribution in [2.24, 2.45) is 0 Å². The monoisotopic (exact) mass is 496 g/mol. The molecule has 190 valence electrons. The first-order valence-electron chi connectivity index (χ1n) is 12.5. The van der Waals surface area contributed by atoms with E-state index in [2.05, 4.69) is 47.7 Å². The first kappa shape index (κ1) is 24.7. The van der Waals surface area contributed by atoms with Crippen LogP contribution in [-0.4, -0.2) is 30.9 Å². The van der Waals surface area contributed by atoms with Gasteiger partial charge in [-0.15, -0.1) is 0 Å². The molecule has 9 nitrogen and oxygen atoms in total. The van der Waals surface area contributed by atoms with Crippen LogP contribution >= 0.6 is 0 Å². The summed E-state index contributed by atoms with van der Waals surface area (Å²) in [7, 11) is 0. The fourth-order valence-electron chi connectivity index (χ4n) is 4.90. The lowest BCUT2D eigenvalue weighted by Gasteiger charge is -2.33. The number of aromatic nitrogens is 5. The van der Waals surface area contributed by atoms with Gasteiger partial charge in [0.05, 0.1) is 17.2 Å². The second kappa shape index (κ2) is 8.82. The number of nitrogens with zero attached hydrogens (tertiary/aromatic N) is 6. The summed E-state index contributed by atoms with van der Waals surface area (Å²) in [6.45, 7) is 13.8.